The van der Waals surface area contributed by atoms with Gasteiger partial charge in [-0.3, -0.25) is 28.8 Å². The second-order valence-electron chi connectivity index (χ2n) is 17.8. The molecular formula is C48H70N8O6. The van der Waals surface area contributed by atoms with E-state index in [1.54, 1.807) is 37.7 Å². The van der Waals surface area contributed by atoms with E-state index in [-0.39, 0.29) is 47.5 Å². The number of carbonyl (C=O) groups is 6. The predicted molar refractivity (Wildman–Crippen MR) is 239 cm³/mol. The highest BCUT2D eigenvalue weighted by Crippen LogP contribution is 2.32. The zero-order valence-corrected chi connectivity index (χ0v) is 37.3. The van der Waals surface area contributed by atoms with Crippen LogP contribution in [0.25, 0.3) is 0 Å². The Morgan fingerprint density at radius 1 is 0.565 bits per heavy atom. The van der Waals surface area contributed by atoms with Crippen LogP contribution in [0.3, 0.4) is 0 Å². The normalized spacial score (nSPS) is 22.6. The summed E-state index contributed by atoms with van der Waals surface area (Å²) in [5.74, 6) is -1.35. The van der Waals surface area contributed by atoms with E-state index >= 15 is 0 Å². The molecule has 14 nitrogen and oxygen atoms in total. The summed E-state index contributed by atoms with van der Waals surface area (Å²) in [5, 5.41) is 18.4. The lowest BCUT2D eigenvalue weighted by atomic mass is 9.87. The fourth-order valence-corrected chi connectivity index (χ4v) is 9.77. The number of likely N-dealkylation sites (N-methyl/N-ethyl adjacent to an activating group) is 2. The number of nitrogens with zero attached hydrogens (tertiary/aromatic N) is 2. The Labute approximate surface area is 367 Å². The minimum Gasteiger partial charge on any atom is -0.347 e. The van der Waals surface area contributed by atoms with Gasteiger partial charge in [0.05, 0.1) is 24.2 Å². The third-order valence-corrected chi connectivity index (χ3v) is 13.7. The smallest absolute Gasteiger partial charge is 0.245 e. The lowest BCUT2D eigenvalue weighted by Gasteiger charge is -2.32. The maximum Gasteiger partial charge on any atom is 0.245 e. The van der Waals surface area contributed by atoms with Crippen molar-refractivity contribution >= 4 is 35.4 Å². The van der Waals surface area contributed by atoms with E-state index in [4.69, 9.17) is 0 Å². The van der Waals surface area contributed by atoms with Crippen LogP contribution in [-0.4, -0.2) is 109 Å². The van der Waals surface area contributed by atoms with Crippen LogP contribution in [0.15, 0.2) is 48.5 Å². The molecule has 0 saturated carbocycles. The van der Waals surface area contributed by atoms with E-state index in [1.165, 1.54) is 11.1 Å². The number of hydrogen-bond acceptors (Lipinski definition) is 8. The van der Waals surface area contributed by atoms with Crippen LogP contribution >= 0.6 is 0 Å². The highest BCUT2D eigenvalue weighted by molar-refractivity contribution is 5.94. The van der Waals surface area contributed by atoms with Crippen LogP contribution in [0.2, 0.25) is 0 Å². The SMILES string of the molecule is CN[C@@H](C)C(=O)N[C@@H](CCCCCC[C@H](NC(=O)[C@H](C)NC)C(=O)N1CCC[C@H]1C(=O)N[C@@H]1CCCc2ccccc21)C(=O)N1CCC[C@H]1C(=O)N[C@@H]1CCCc2ccccc21. The van der Waals surface area contributed by atoms with Gasteiger partial charge in [-0.15, -0.1) is 0 Å². The zero-order valence-electron chi connectivity index (χ0n) is 37.3. The number of fused-ring (bicyclic) bond motifs is 2. The standard InChI is InChI=1S/C48H70N8O6/c1-31(49-3)43(57)53-39(47(61)55-29-15-27-41(55)45(59)51-37-25-13-19-33-17-9-11-21-35(33)37)23-7-5-6-8-24-40(54-44(58)32(2)50-4)48(62)56-30-16-28-42(56)46(60)52-38-26-14-20-34-18-10-12-22-36(34)38/h9-12,17-18,21-22,31-32,37-42,49-50H,5-8,13-16,19-20,23-30H2,1-4H3,(H,51,59)(H,52,60)(H,53,57)(H,54,58)/t31-,32-,37+,38+,39-,40-,41-,42-/m0/s1. The summed E-state index contributed by atoms with van der Waals surface area (Å²) in [6, 6.07) is 12.5. The van der Waals surface area contributed by atoms with Gasteiger partial charge in [0.15, 0.2) is 0 Å². The number of rotatable bonds is 19. The fourth-order valence-electron chi connectivity index (χ4n) is 9.77. The Morgan fingerprint density at radius 2 is 0.968 bits per heavy atom. The van der Waals surface area contributed by atoms with E-state index in [2.05, 4.69) is 56.2 Å². The summed E-state index contributed by atoms with van der Waals surface area (Å²) < 4.78 is 0. The summed E-state index contributed by atoms with van der Waals surface area (Å²) in [6.45, 7) is 4.39. The molecule has 2 aromatic rings. The number of amides is 6. The molecule has 62 heavy (non-hydrogen) atoms. The lowest BCUT2D eigenvalue weighted by molar-refractivity contribution is -0.142. The molecule has 2 fully saturated rings. The summed E-state index contributed by atoms with van der Waals surface area (Å²) in [4.78, 5) is 85.6. The first-order chi connectivity index (χ1) is 30.0. The Hall–Kier alpha value is -4.82. The van der Waals surface area contributed by atoms with Crippen molar-refractivity contribution in [3.05, 3.63) is 70.8 Å². The summed E-state index contributed by atoms with van der Waals surface area (Å²) in [7, 11) is 3.39. The lowest BCUT2D eigenvalue weighted by Crippen LogP contribution is -2.55. The fraction of sp³-hybridized carbons (Fsp3) is 0.625. The molecule has 14 heteroatoms. The van der Waals surface area contributed by atoms with Gasteiger partial charge in [0.1, 0.15) is 24.2 Å². The molecule has 6 N–H and O–H groups in total. The number of benzene rings is 2. The van der Waals surface area contributed by atoms with Crippen molar-refractivity contribution in [3.8, 4) is 0 Å². The highest BCUT2D eigenvalue weighted by Gasteiger charge is 2.40. The Bertz CT molecular complexity index is 1760. The molecule has 2 aliphatic carbocycles. The molecule has 2 aliphatic heterocycles. The maximum atomic E-state index is 14.2. The number of hydrogen-bond donors (Lipinski definition) is 6. The number of unbranched alkanes of at least 4 members (excludes halogenated alkanes) is 3. The van der Waals surface area contributed by atoms with Gasteiger partial charge in [0.25, 0.3) is 0 Å². The quantitative estimate of drug-likeness (QED) is 0.115. The van der Waals surface area contributed by atoms with Gasteiger partial charge in [0.2, 0.25) is 35.4 Å². The molecule has 8 atom stereocenters. The number of aryl methyl sites for hydroxylation is 2. The van der Waals surface area contributed by atoms with Gasteiger partial charge in [-0.05, 0) is 127 Å². The van der Waals surface area contributed by atoms with Gasteiger partial charge in [-0.25, -0.2) is 0 Å². The molecule has 0 spiro atoms. The van der Waals surface area contributed by atoms with Crippen LogP contribution < -0.4 is 31.9 Å². The molecule has 2 saturated heterocycles. The van der Waals surface area contributed by atoms with E-state index in [0.717, 1.165) is 62.5 Å². The molecule has 0 unspecified atom stereocenters. The van der Waals surface area contributed by atoms with E-state index < -0.39 is 36.3 Å². The first-order valence-corrected chi connectivity index (χ1v) is 23.3. The predicted octanol–water partition coefficient (Wildman–Crippen LogP) is 3.88. The van der Waals surface area contributed by atoms with Crippen molar-refractivity contribution in [2.45, 2.75) is 165 Å². The second-order valence-corrected chi connectivity index (χ2v) is 17.8. The molecule has 338 valence electrons. The van der Waals surface area contributed by atoms with E-state index in [0.29, 0.717) is 64.5 Å². The minimum absolute atomic E-state index is 0.0896. The van der Waals surface area contributed by atoms with Crippen LogP contribution in [0, 0.1) is 0 Å². The molecule has 4 aliphatic rings. The monoisotopic (exact) mass is 855 g/mol. The van der Waals surface area contributed by atoms with Crippen LogP contribution in [-0.2, 0) is 41.6 Å². The zero-order chi connectivity index (χ0) is 44.2. The van der Waals surface area contributed by atoms with Crippen molar-refractivity contribution in [2.75, 3.05) is 27.2 Å². The molecular weight excluding hydrogens is 785 g/mol. The van der Waals surface area contributed by atoms with Crippen molar-refractivity contribution in [3.63, 3.8) is 0 Å². The number of likely N-dealkylation sites (tertiary alicyclic amines) is 2. The largest absolute Gasteiger partial charge is 0.347 e. The summed E-state index contributed by atoms with van der Waals surface area (Å²) in [5.41, 5.74) is 4.79. The third-order valence-electron chi connectivity index (χ3n) is 13.7. The Balaban J connectivity index is 1.04. The van der Waals surface area contributed by atoms with Crippen LogP contribution in [0.4, 0.5) is 0 Å². The molecule has 0 bridgehead atoms. The average molecular weight is 855 g/mol. The first-order valence-electron chi connectivity index (χ1n) is 23.3. The molecule has 2 heterocycles. The van der Waals surface area contributed by atoms with Gasteiger partial charge < -0.3 is 41.7 Å². The topological polar surface area (TPSA) is 181 Å². The van der Waals surface area contributed by atoms with E-state index in [1.807, 2.05) is 24.3 Å². The highest BCUT2D eigenvalue weighted by atomic mass is 16.2. The Kier molecular flexibility index (Phi) is 16.9. The third kappa shape index (κ3) is 11.6. The molecule has 2 aromatic carbocycles. The number of carbonyl (C=O) groups excluding carboxylic acids is 6. The first kappa shape index (κ1) is 46.7. The van der Waals surface area contributed by atoms with Crippen molar-refractivity contribution in [1.82, 2.24) is 41.7 Å². The molecule has 0 aromatic heterocycles. The van der Waals surface area contributed by atoms with Gasteiger partial charge in [-0.1, -0.05) is 74.2 Å². The maximum absolute atomic E-state index is 14.2. The van der Waals surface area contributed by atoms with Crippen molar-refractivity contribution in [2.24, 2.45) is 0 Å². The van der Waals surface area contributed by atoms with E-state index in [9.17, 15) is 28.8 Å². The van der Waals surface area contributed by atoms with Crippen molar-refractivity contribution < 1.29 is 28.8 Å². The van der Waals surface area contributed by atoms with Crippen molar-refractivity contribution in [1.29, 1.82) is 0 Å². The molecule has 6 rings (SSSR count). The van der Waals surface area contributed by atoms with Gasteiger partial charge in [0, 0.05) is 13.1 Å². The van der Waals surface area contributed by atoms with Crippen LogP contribution in [0.1, 0.15) is 138 Å². The number of nitrogens with one attached hydrogen (secondary N) is 6. The van der Waals surface area contributed by atoms with Gasteiger partial charge in [-0.2, -0.15) is 0 Å². The molecule has 6 amide bonds. The van der Waals surface area contributed by atoms with Crippen LogP contribution in [0.5, 0.6) is 0 Å². The second kappa shape index (κ2) is 22.5. The summed E-state index contributed by atoms with van der Waals surface area (Å²) >= 11 is 0. The minimum atomic E-state index is -0.793. The Morgan fingerprint density at radius 3 is 1.37 bits per heavy atom. The molecule has 0 radical (unpaired) electrons. The van der Waals surface area contributed by atoms with Gasteiger partial charge >= 0.3 is 0 Å². The summed E-state index contributed by atoms with van der Waals surface area (Å²) in [6.07, 6.45) is 11.7. The average Bonchev–Trinajstić information content (AvgIpc) is 4.00.